The van der Waals surface area contributed by atoms with E-state index in [2.05, 4.69) is 16.4 Å². The van der Waals surface area contributed by atoms with Crippen molar-refractivity contribution in [2.24, 2.45) is 5.92 Å². The van der Waals surface area contributed by atoms with Crippen molar-refractivity contribution < 1.29 is 14.4 Å². The van der Waals surface area contributed by atoms with Crippen molar-refractivity contribution >= 4 is 17.5 Å². The standard InChI is InChI=1S/C23H26N2O3/c1-4-16-12-14(2)11-15(3)20(16)21-19(26)13-17(22(21)27)8-10-25-23(28)18-7-5-6-9-24-18/h5-7,9,11-12,17,21H,4,8,10,13H2,1-3H3,(H,25,28). The van der Waals surface area contributed by atoms with Crippen LogP contribution in [0.2, 0.25) is 0 Å². The first-order valence-corrected chi connectivity index (χ1v) is 9.78. The Morgan fingerprint density at radius 1 is 1.21 bits per heavy atom. The zero-order valence-electron chi connectivity index (χ0n) is 16.6. The predicted octanol–water partition coefficient (Wildman–Crippen LogP) is 3.32. The van der Waals surface area contributed by atoms with E-state index in [1.807, 2.05) is 26.8 Å². The Kier molecular flexibility index (Phi) is 6.02. The van der Waals surface area contributed by atoms with E-state index >= 15 is 0 Å². The normalized spacial score (nSPS) is 19.1. The molecular formula is C23H26N2O3. The summed E-state index contributed by atoms with van der Waals surface area (Å²) in [4.78, 5) is 41.8. The maximum Gasteiger partial charge on any atom is 0.269 e. The number of Topliss-reactive ketones (excluding diaryl/α,β-unsaturated/α-hetero) is 2. The van der Waals surface area contributed by atoms with Crippen molar-refractivity contribution in [3.8, 4) is 0 Å². The molecular weight excluding hydrogens is 352 g/mol. The summed E-state index contributed by atoms with van der Waals surface area (Å²) in [6, 6.07) is 9.25. The summed E-state index contributed by atoms with van der Waals surface area (Å²) >= 11 is 0. The van der Waals surface area contributed by atoms with E-state index < -0.39 is 5.92 Å². The average Bonchev–Trinajstić information content (AvgIpc) is 2.95. The van der Waals surface area contributed by atoms with Crippen LogP contribution in [0.3, 0.4) is 0 Å². The van der Waals surface area contributed by atoms with Crippen molar-refractivity contribution in [1.29, 1.82) is 0 Å². The van der Waals surface area contributed by atoms with Crippen LogP contribution in [0.4, 0.5) is 0 Å². The minimum absolute atomic E-state index is 0.00675. The van der Waals surface area contributed by atoms with Gasteiger partial charge in [-0.05, 0) is 55.5 Å². The smallest absolute Gasteiger partial charge is 0.269 e. The summed E-state index contributed by atoms with van der Waals surface area (Å²) in [6.45, 7) is 6.40. The highest BCUT2D eigenvalue weighted by molar-refractivity contribution is 6.15. The van der Waals surface area contributed by atoms with Gasteiger partial charge in [0.2, 0.25) is 0 Å². The van der Waals surface area contributed by atoms with E-state index in [4.69, 9.17) is 0 Å². The Balaban J connectivity index is 1.68. The number of nitrogens with one attached hydrogen (secondary N) is 1. The first-order valence-electron chi connectivity index (χ1n) is 9.78. The number of hydrogen-bond donors (Lipinski definition) is 1. The molecule has 1 aromatic carbocycles. The minimum Gasteiger partial charge on any atom is -0.351 e. The Hall–Kier alpha value is -2.82. The van der Waals surface area contributed by atoms with Gasteiger partial charge in [0.05, 0.1) is 0 Å². The first-order chi connectivity index (χ1) is 13.4. The fourth-order valence-corrected chi connectivity index (χ4v) is 4.12. The quantitative estimate of drug-likeness (QED) is 0.783. The van der Waals surface area contributed by atoms with Gasteiger partial charge >= 0.3 is 0 Å². The molecule has 1 amide bonds. The van der Waals surface area contributed by atoms with Gasteiger partial charge < -0.3 is 5.32 Å². The van der Waals surface area contributed by atoms with Gasteiger partial charge in [-0.1, -0.05) is 30.7 Å². The molecule has 2 unspecified atom stereocenters. The molecule has 1 aromatic heterocycles. The molecule has 0 bridgehead atoms. The molecule has 1 aliphatic carbocycles. The number of carbonyl (C=O) groups excluding carboxylic acids is 3. The van der Waals surface area contributed by atoms with Crippen molar-refractivity contribution in [3.05, 3.63) is 64.5 Å². The fraction of sp³-hybridized carbons (Fsp3) is 0.391. The highest BCUT2D eigenvalue weighted by Gasteiger charge is 2.42. The van der Waals surface area contributed by atoms with Crippen molar-refractivity contribution in [3.63, 3.8) is 0 Å². The Morgan fingerprint density at radius 2 is 2.00 bits per heavy atom. The average molecular weight is 378 g/mol. The van der Waals surface area contributed by atoms with Crippen molar-refractivity contribution in [2.45, 2.75) is 46.0 Å². The molecule has 5 nitrogen and oxygen atoms in total. The second-order valence-electron chi connectivity index (χ2n) is 7.47. The highest BCUT2D eigenvalue weighted by Crippen LogP contribution is 2.37. The van der Waals surface area contributed by atoms with Crippen molar-refractivity contribution in [1.82, 2.24) is 10.3 Å². The molecule has 2 atom stereocenters. The molecule has 1 saturated carbocycles. The third-order valence-electron chi connectivity index (χ3n) is 5.42. The van der Waals surface area contributed by atoms with Gasteiger partial charge in [0, 0.05) is 25.1 Å². The summed E-state index contributed by atoms with van der Waals surface area (Å²) in [7, 11) is 0. The number of rotatable bonds is 6. The minimum atomic E-state index is -0.660. The van der Waals surface area contributed by atoms with Crippen LogP contribution in [0.25, 0.3) is 0 Å². The van der Waals surface area contributed by atoms with Gasteiger partial charge in [0.15, 0.2) is 5.78 Å². The SMILES string of the molecule is CCc1cc(C)cc(C)c1C1C(=O)CC(CCNC(=O)c2ccccn2)C1=O. The summed E-state index contributed by atoms with van der Waals surface area (Å²) in [5, 5.41) is 2.79. The molecule has 0 saturated heterocycles. The number of aryl methyl sites for hydroxylation is 3. The lowest BCUT2D eigenvalue weighted by atomic mass is 9.85. The van der Waals surface area contributed by atoms with Crippen LogP contribution in [0.5, 0.6) is 0 Å². The third-order valence-corrected chi connectivity index (χ3v) is 5.42. The van der Waals surface area contributed by atoms with Gasteiger partial charge in [-0.2, -0.15) is 0 Å². The first kappa shape index (κ1) is 19.9. The van der Waals surface area contributed by atoms with E-state index in [9.17, 15) is 14.4 Å². The zero-order chi connectivity index (χ0) is 20.3. The van der Waals surface area contributed by atoms with E-state index in [-0.39, 0.29) is 29.8 Å². The molecule has 1 N–H and O–H groups in total. The number of ketones is 2. The largest absolute Gasteiger partial charge is 0.351 e. The lowest BCUT2D eigenvalue weighted by Gasteiger charge is -2.18. The summed E-state index contributed by atoms with van der Waals surface area (Å²) in [5.41, 5.74) is 4.46. The third kappa shape index (κ3) is 4.03. The Morgan fingerprint density at radius 3 is 2.68 bits per heavy atom. The van der Waals surface area contributed by atoms with Crippen LogP contribution < -0.4 is 5.32 Å². The molecule has 146 valence electrons. The van der Waals surface area contributed by atoms with Crippen LogP contribution in [-0.4, -0.2) is 29.0 Å². The number of pyridine rings is 1. The molecule has 0 spiro atoms. The van der Waals surface area contributed by atoms with E-state index in [0.717, 1.165) is 28.7 Å². The lowest BCUT2D eigenvalue weighted by molar-refractivity contribution is -0.124. The van der Waals surface area contributed by atoms with E-state index in [1.54, 1.807) is 24.4 Å². The van der Waals surface area contributed by atoms with Gasteiger partial charge in [-0.15, -0.1) is 0 Å². The van der Waals surface area contributed by atoms with Gasteiger partial charge in [0.1, 0.15) is 17.4 Å². The molecule has 1 heterocycles. The Labute approximate surface area is 165 Å². The number of carbonyl (C=O) groups is 3. The van der Waals surface area contributed by atoms with Crippen LogP contribution in [-0.2, 0) is 16.0 Å². The molecule has 1 aliphatic rings. The molecule has 2 aromatic rings. The molecule has 5 heteroatoms. The summed E-state index contributed by atoms with van der Waals surface area (Å²) in [5.74, 6) is -1.29. The zero-order valence-corrected chi connectivity index (χ0v) is 16.6. The lowest BCUT2D eigenvalue weighted by Crippen LogP contribution is -2.27. The number of nitrogens with zero attached hydrogens (tertiary/aromatic N) is 1. The van der Waals surface area contributed by atoms with Gasteiger partial charge in [-0.25, -0.2) is 0 Å². The molecule has 0 radical (unpaired) electrons. The van der Waals surface area contributed by atoms with E-state index in [1.165, 1.54) is 0 Å². The summed E-state index contributed by atoms with van der Waals surface area (Å²) in [6.07, 6.45) is 3.07. The number of hydrogen-bond acceptors (Lipinski definition) is 4. The van der Waals surface area contributed by atoms with Crippen LogP contribution >= 0.6 is 0 Å². The van der Waals surface area contributed by atoms with Crippen LogP contribution in [0.15, 0.2) is 36.5 Å². The number of aromatic nitrogens is 1. The van der Waals surface area contributed by atoms with E-state index in [0.29, 0.717) is 18.7 Å². The molecule has 0 aliphatic heterocycles. The summed E-state index contributed by atoms with van der Waals surface area (Å²) < 4.78 is 0. The maximum atomic E-state index is 13.0. The molecule has 28 heavy (non-hydrogen) atoms. The van der Waals surface area contributed by atoms with Crippen molar-refractivity contribution in [2.75, 3.05) is 6.54 Å². The van der Waals surface area contributed by atoms with Gasteiger partial charge in [-0.3, -0.25) is 19.4 Å². The maximum absolute atomic E-state index is 13.0. The van der Waals surface area contributed by atoms with Gasteiger partial charge in [0.25, 0.3) is 5.91 Å². The predicted molar refractivity (Wildman–Crippen MR) is 107 cm³/mol. The number of amides is 1. The van der Waals surface area contributed by atoms with Crippen LogP contribution in [0, 0.1) is 19.8 Å². The molecule has 1 fully saturated rings. The highest BCUT2D eigenvalue weighted by atomic mass is 16.2. The van der Waals surface area contributed by atoms with Crippen LogP contribution in [0.1, 0.15) is 58.4 Å². The topological polar surface area (TPSA) is 76.1 Å². The molecule has 3 rings (SSSR count). The number of benzene rings is 1. The Bertz CT molecular complexity index is 906. The second kappa shape index (κ2) is 8.46. The fourth-order valence-electron chi connectivity index (χ4n) is 4.12. The monoisotopic (exact) mass is 378 g/mol. The second-order valence-corrected chi connectivity index (χ2v) is 7.47.